The van der Waals surface area contributed by atoms with Crippen LogP contribution in [0.3, 0.4) is 0 Å². The van der Waals surface area contributed by atoms with Gasteiger partial charge in [-0.25, -0.2) is 4.98 Å². The van der Waals surface area contributed by atoms with E-state index in [1.54, 1.807) is 4.90 Å². The van der Waals surface area contributed by atoms with E-state index in [0.717, 1.165) is 30.5 Å². The molecule has 0 saturated carbocycles. The standard InChI is InChI=1S/C12H20N4O3S/c1-4-9-13-12(20-14-9)16-7-5-15(6-8-16)10(17)11(18-2)19-3/h11H,4-8H2,1-3H3. The molecule has 1 aromatic heterocycles. The van der Waals surface area contributed by atoms with Crippen LogP contribution in [-0.2, 0) is 20.7 Å². The highest BCUT2D eigenvalue weighted by molar-refractivity contribution is 7.09. The molecule has 1 aliphatic heterocycles. The average Bonchev–Trinajstić information content (AvgIpc) is 2.97. The van der Waals surface area contributed by atoms with Gasteiger partial charge in [-0.05, 0) is 0 Å². The molecule has 0 radical (unpaired) electrons. The van der Waals surface area contributed by atoms with Crippen molar-refractivity contribution >= 4 is 22.6 Å². The molecule has 8 heteroatoms. The Kier molecular flexibility index (Phi) is 5.27. The van der Waals surface area contributed by atoms with E-state index in [9.17, 15) is 4.79 Å². The average molecular weight is 300 g/mol. The number of anilines is 1. The Morgan fingerprint density at radius 1 is 1.30 bits per heavy atom. The minimum Gasteiger partial charge on any atom is -0.348 e. The second-order valence-corrected chi connectivity index (χ2v) is 5.19. The molecule has 1 fully saturated rings. The summed E-state index contributed by atoms with van der Waals surface area (Å²) in [7, 11) is 2.94. The van der Waals surface area contributed by atoms with Gasteiger partial charge in [0.25, 0.3) is 5.91 Å². The van der Waals surface area contributed by atoms with Gasteiger partial charge in [0.15, 0.2) is 0 Å². The summed E-state index contributed by atoms with van der Waals surface area (Å²) in [5.41, 5.74) is 0. The summed E-state index contributed by atoms with van der Waals surface area (Å²) in [6.07, 6.45) is 0.0351. The van der Waals surface area contributed by atoms with E-state index in [4.69, 9.17) is 9.47 Å². The number of carbonyl (C=O) groups is 1. The van der Waals surface area contributed by atoms with Crippen LogP contribution in [0.15, 0.2) is 0 Å². The normalized spacial score (nSPS) is 16.0. The molecule has 0 bridgehead atoms. The number of hydrogen-bond donors (Lipinski definition) is 0. The fraction of sp³-hybridized carbons (Fsp3) is 0.750. The Hall–Kier alpha value is -1.25. The zero-order valence-electron chi connectivity index (χ0n) is 12.0. The maximum Gasteiger partial charge on any atom is 0.279 e. The van der Waals surface area contributed by atoms with Crippen molar-refractivity contribution in [3.8, 4) is 0 Å². The molecule has 0 unspecified atom stereocenters. The van der Waals surface area contributed by atoms with Crippen LogP contribution in [0.2, 0.25) is 0 Å². The number of aryl methyl sites for hydroxylation is 1. The zero-order chi connectivity index (χ0) is 14.5. The Bertz CT molecular complexity index is 442. The SMILES string of the molecule is CCc1nsc(N2CCN(C(=O)C(OC)OC)CC2)n1. The smallest absolute Gasteiger partial charge is 0.279 e. The van der Waals surface area contributed by atoms with E-state index in [0.29, 0.717) is 13.1 Å². The van der Waals surface area contributed by atoms with Crippen molar-refractivity contribution in [3.63, 3.8) is 0 Å². The van der Waals surface area contributed by atoms with E-state index >= 15 is 0 Å². The highest BCUT2D eigenvalue weighted by Gasteiger charge is 2.28. The second kappa shape index (κ2) is 6.96. The maximum absolute atomic E-state index is 12.1. The highest BCUT2D eigenvalue weighted by Crippen LogP contribution is 2.19. The Morgan fingerprint density at radius 3 is 2.45 bits per heavy atom. The Balaban J connectivity index is 1.90. The third-order valence-corrected chi connectivity index (χ3v) is 4.08. The van der Waals surface area contributed by atoms with Gasteiger partial charge in [0, 0.05) is 58.4 Å². The summed E-state index contributed by atoms with van der Waals surface area (Å²) in [5.74, 6) is 0.753. The van der Waals surface area contributed by atoms with Gasteiger partial charge in [-0.3, -0.25) is 4.79 Å². The lowest BCUT2D eigenvalue weighted by atomic mass is 10.3. The number of hydrogen-bond acceptors (Lipinski definition) is 7. The molecule has 112 valence electrons. The van der Waals surface area contributed by atoms with E-state index < -0.39 is 6.29 Å². The molecule has 1 saturated heterocycles. The lowest BCUT2D eigenvalue weighted by molar-refractivity contribution is -0.170. The Morgan fingerprint density at radius 2 is 1.95 bits per heavy atom. The Labute approximate surface area is 122 Å². The van der Waals surface area contributed by atoms with Crippen molar-refractivity contribution in [1.82, 2.24) is 14.3 Å². The fourth-order valence-corrected chi connectivity index (χ4v) is 2.88. The fourth-order valence-electron chi connectivity index (χ4n) is 2.08. The molecular formula is C12H20N4O3S. The summed E-state index contributed by atoms with van der Waals surface area (Å²) >= 11 is 1.42. The number of carbonyl (C=O) groups excluding carboxylic acids is 1. The minimum atomic E-state index is -0.810. The largest absolute Gasteiger partial charge is 0.348 e. The van der Waals surface area contributed by atoms with Crippen molar-refractivity contribution in [1.29, 1.82) is 0 Å². The molecule has 2 rings (SSSR count). The molecule has 0 atom stereocenters. The van der Waals surface area contributed by atoms with Crippen molar-refractivity contribution in [2.75, 3.05) is 45.3 Å². The molecule has 1 aliphatic rings. The van der Waals surface area contributed by atoms with Gasteiger partial charge >= 0.3 is 0 Å². The van der Waals surface area contributed by atoms with Gasteiger partial charge in [-0.1, -0.05) is 6.92 Å². The first kappa shape index (κ1) is 15.1. The molecule has 0 aliphatic carbocycles. The molecule has 0 spiro atoms. The molecule has 1 amide bonds. The first-order valence-electron chi connectivity index (χ1n) is 6.61. The lowest BCUT2D eigenvalue weighted by Gasteiger charge is -2.35. The second-order valence-electron chi connectivity index (χ2n) is 4.46. The van der Waals surface area contributed by atoms with Gasteiger partial charge in [0.1, 0.15) is 5.82 Å². The predicted octanol–water partition coefficient (Wildman–Crippen LogP) is 0.368. The topological polar surface area (TPSA) is 67.8 Å². The number of methoxy groups -OCH3 is 2. The number of piperazine rings is 1. The van der Waals surface area contributed by atoms with E-state index in [1.165, 1.54) is 25.8 Å². The third-order valence-electron chi connectivity index (χ3n) is 3.27. The number of amides is 1. The van der Waals surface area contributed by atoms with E-state index in [2.05, 4.69) is 14.3 Å². The first-order valence-corrected chi connectivity index (χ1v) is 7.38. The molecule has 20 heavy (non-hydrogen) atoms. The van der Waals surface area contributed by atoms with Crippen LogP contribution in [0.4, 0.5) is 5.13 Å². The molecule has 1 aromatic rings. The molecular weight excluding hydrogens is 280 g/mol. The van der Waals surface area contributed by atoms with Gasteiger partial charge in [0.2, 0.25) is 11.4 Å². The maximum atomic E-state index is 12.1. The minimum absolute atomic E-state index is 0.124. The molecule has 7 nitrogen and oxygen atoms in total. The van der Waals surface area contributed by atoms with Crippen molar-refractivity contribution in [2.45, 2.75) is 19.6 Å². The number of ether oxygens (including phenoxy) is 2. The number of aromatic nitrogens is 2. The van der Waals surface area contributed by atoms with Crippen molar-refractivity contribution < 1.29 is 14.3 Å². The van der Waals surface area contributed by atoms with Gasteiger partial charge in [-0.15, -0.1) is 0 Å². The summed E-state index contributed by atoms with van der Waals surface area (Å²) in [5, 5.41) is 0.934. The van der Waals surface area contributed by atoms with Gasteiger partial charge in [0.05, 0.1) is 0 Å². The first-order chi connectivity index (χ1) is 9.69. The lowest BCUT2D eigenvalue weighted by Crippen LogP contribution is -2.52. The van der Waals surface area contributed by atoms with Crippen LogP contribution in [0.5, 0.6) is 0 Å². The molecule has 0 aromatic carbocycles. The summed E-state index contributed by atoms with van der Waals surface area (Å²) in [6.45, 7) is 4.83. The number of rotatable bonds is 5. The quantitative estimate of drug-likeness (QED) is 0.732. The monoisotopic (exact) mass is 300 g/mol. The summed E-state index contributed by atoms with van der Waals surface area (Å²) < 4.78 is 14.3. The van der Waals surface area contributed by atoms with Crippen LogP contribution >= 0.6 is 11.5 Å². The van der Waals surface area contributed by atoms with Crippen LogP contribution < -0.4 is 4.90 Å². The highest BCUT2D eigenvalue weighted by atomic mass is 32.1. The zero-order valence-corrected chi connectivity index (χ0v) is 12.9. The van der Waals surface area contributed by atoms with Gasteiger partial charge < -0.3 is 19.3 Å². The molecule has 2 heterocycles. The van der Waals surface area contributed by atoms with Crippen molar-refractivity contribution in [2.24, 2.45) is 0 Å². The van der Waals surface area contributed by atoms with Crippen LogP contribution in [0.1, 0.15) is 12.7 Å². The van der Waals surface area contributed by atoms with Crippen molar-refractivity contribution in [3.05, 3.63) is 5.82 Å². The van der Waals surface area contributed by atoms with Crippen LogP contribution in [-0.4, -0.2) is 66.9 Å². The predicted molar refractivity (Wildman–Crippen MR) is 75.9 cm³/mol. The summed E-state index contributed by atoms with van der Waals surface area (Å²) in [4.78, 5) is 20.5. The van der Waals surface area contributed by atoms with E-state index in [1.807, 2.05) is 6.92 Å². The van der Waals surface area contributed by atoms with Gasteiger partial charge in [-0.2, -0.15) is 4.37 Å². The van der Waals surface area contributed by atoms with Crippen LogP contribution in [0.25, 0.3) is 0 Å². The third kappa shape index (κ3) is 3.25. The van der Waals surface area contributed by atoms with Crippen LogP contribution in [0, 0.1) is 0 Å². The number of nitrogens with zero attached hydrogens (tertiary/aromatic N) is 4. The molecule has 0 N–H and O–H groups in total. The summed E-state index contributed by atoms with van der Waals surface area (Å²) in [6, 6.07) is 0. The van der Waals surface area contributed by atoms with E-state index in [-0.39, 0.29) is 5.91 Å².